The maximum Gasteiger partial charge on any atom is 0.216 e. The van der Waals surface area contributed by atoms with Crippen LogP contribution in [0.3, 0.4) is 0 Å². The van der Waals surface area contributed by atoms with E-state index in [1.807, 2.05) is 0 Å². The first-order chi connectivity index (χ1) is 9.67. The molecule has 0 aromatic heterocycles. The van der Waals surface area contributed by atoms with E-state index in [-0.39, 0.29) is 5.75 Å². The van der Waals surface area contributed by atoms with Crippen molar-refractivity contribution in [2.24, 2.45) is 0 Å². The lowest BCUT2D eigenvalue weighted by Gasteiger charge is -2.35. The minimum atomic E-state index is -1.18. The molecule has 0 radical (unpaired) electrons. The summed E-state index contributed by atoms with van der Waals surface area (Å²) in [6.07, 6.45) is 1.94. The van der Waals surface area contributed by atoms with E-state index in [9.17, 15) is 5.11 Å². The van der Waals surface area contributed by atoms with Crippen LogP contribution in [0.2, 0.25) is 38.8 Å². The van der Waals surface area contributed by atoms with Crippen LogP contribution in [0.1, 0.15) is 18.9 Å². The normalized spacial score (nSPS) is 13.6. The molecule has 0 spiro atoms. The summed E-state index contributed by atoms with van der Waals surface area (Å²) in [5, 5.41) is 9.80. The Morgan fingerprint density at radius 1 is 1.14 bits per heavy atom. The zero-order chi connectivity index (χ0) is 15.8. The van der Waals surface area contributed by atoms with Gasteiger partial charge < -0.3 is 14.6 Å². The fraction of sp³-hybridized carbons (Fsp3) is 0.625. The molecule has 21 heavy (non-hydrogen) atoms. The Balaban J connectivity index is 2.05. The highest BCUT2D eigenvalue weighted by molar-refractivity contribution is 7.40. The van der Waals surface area contributed by atoms with E-state index in [2.05, 4.69) is 39.7 Å². The third-order valence-corrected chi connectivity index (χ3v) is 23.4. The van der Waals surface area contributed by atoms with Gasteiger partial charge in [-0.1, -0.05) is 46.1 Å². The number of fused-ring (bicyclic) bond motifs is 1. The van der Waals surface area contributed by atoms with Crippen molar-refractivity contribution >= 4 is 15.2 Å². The summed E-state index contributed by atoms with van der Waals surface area (Å²) >= 11 is 0. The third-order valence-electron chi connectivity index (χ3n) is 4.93. The zero-order valence-corrected chi connectivity index (χ0v) is 16.2. The summed E-state index contributed by atoms with van der Waals surface area (Å²) in [4.78, 5) is 0. The molecular weight excluding hydrogens is 296 g/mol. The maximum absolute atomic E-state index is 9.80. The summed E-state index contributed by atoms with van der Waals surface area (Å²) in [5.41, 5.74) is 1.07. The van der Waals surface area contributed by atoms with Crippen molar-refractivity contribution in [1.82, 2.24) is 0 Å². The van der Waals surface area contributed by atoms with Crippen molar-refractivity contribution in [1.29, 1.82) is 0 Å². The smallest absolute Gasteiger partial charge is 0.216 e. The van der Waals surface area contributed by atoms with Gasteiger partial charge >= 0.3 is 0 Å². The first-order valence-corrected chi connectivity index (χ1v) is 15.6. The molecule has 3 nitrogen and oxygen atoms in total. The van der Waals surface area contributed by atoms with Crippen LogP contribution in [0.25, 0.3) is 0 Å². The number of phenols is 1. The van der Waals surface area contributed by atoms with Crippen molar-refractivity contribution in [2.75, 3.05) is 6.61 Å². The first-order valence-electron chi connectivity index (χ1n) is 7.87. The molecule has 2 rings (SSSR count). The van der Waals surface area contributed by atoms with Crippen LogP contribution in [0.15, 0.2) is 6.07 Å². The molecule has 118 valence electrons. The van der Waals surface area contributed by atoms with Crippen LogP contribution in [0.4, 0.5) is 0 Å². The number of aromatic hydroxyl groups is 1. The van der Waals surface area contributed by atoms with Gasteiger partial charge in [0.1, 0.15) is 0 Å². The van der Waals surface area contributed by atoms with Gasteiger partial charge in [-0.2, -0.15) is 0 Å². The van der Waals surface area contributed by atoms with Crippen molar-refractivity contribution in [3.63, 3.8) is 0 Å². The summed E-state index contributed by atoms with van der Waals surface area (Å²) < 4.78 is 11.5. The number of hydrogen-bond acceptors (Lipinski definition) is 3. The standard InChI is InChI=1S/C16H28O3Si2/c1-7-8-12-11-13(17)15-16(19-15)14(12)18-9-10-21(5,6)20(2,3)4/h11,17H,7-10H2,1-6H3. The van der Waals surface area contributed by atoms with Crippen LogP contribution >= 0.6 is 0 Å². The van der Waals surface area contributed by atoms with E-state index < -0.39 is 15.2 Å². The Bertz CT molecular complexity index is 533. The average Bonchev–Trinajstić information content (AvgIpc) is 3.12. The van der Waals surface area contributed by atoms with E-state index >= 15 is 0 Å². The molecule has 1 aliphatic heterocycles. The van der Waals surface area contributed by atoms with Gasteiger partial charge in [0.05, 0.1) is 6.61 Å². The van der Waals surface area contributed by atoms with Gasteiger partial charge in [-0.05, 0) is 18.5 Å². The molecule has 0 amide bonds. The molecule has 0 unspecified atom stereocenters. The molecule has 0 aliphatic carbocycles. The molecule has 0 bridgehead atoms. The second-order valence-electron chi connectivity index (χ2n) is 7.63. The first kappa shape index (κ1) is 16.4. The SMILES string of the molecule is CCCc1cc(O)c2c(c1OCC[Si](C)(C)[Si](C)(C)C)O2. The van der Waals surface area contributed by atoms with Crippen LogP contribution in [0.5, 0.6) is 23.0 Å². The maximum atomic E-state index is 9.80. The minimum Gasteiger partial charge on any atom is -0.504 e. The second kappa shape index (κ2) is 5.68. The summed E-state index contributed by atoms with van der Waals surface area (Å²) in [5.74, 6) is 2.47. The Labute approximate surface area is 130 Å². The average molecular weight is 325 g/mol. The summed E-state index contributed by atoms with van der Waals surface area (Å²) in [6.45, 7) is 15.3. The predicted molar refractivity (Wildman–Crippen MR) is 93.3 cm³/mol. The lowest BCUT2D eigenvalue weighted by Crippen LogP contribution is -2.52. The van der Waals surface area contributed by atoms with Crippen LogP contribution < -0.4 is 9.47 Å². The molecule has 1 N–H and O–H groups in total. The molecule has 0 saturated heterocycles. The van der Waals surface area contributed by atoms with Crippen LogP contribution in [-0.4, -0.2) is 26.9 Å². The second-order valence-corrected chi connectivity index (χ2v) is 25.0. The lowest BCUT2D eigenvalue weighted by molar-refractivity contribution is 0.331. The monoisotopic (exact) mass is 324 g/mol. The van der Waals surface area contributed by atoms with Gasteiger partial charge in [-0.15, -0.1) is 0 Å². The van der Waals surface area contributed by atoms with Crippen molar-refractivity contribution in [2.45, 2.75) is 58.5 Å². The van der Waals surface area contributed by atoms with Gasteiger partial charge in [-0.3, -0.25) is 0 Å². The zero-order valence-electron chi connectivity index (χ0n) is 14.2. The lowest BCUT2D eigenvalue weighted by atomic mass is 10.1. The fourth-order valence-electron chi connectivity index (χ4n) is 2.23. The molecule has 1 heterocycles. The van der Waals surface area contributed by atoms with E-state index in [1.165, 1.54) is 6.04 Å². The summed E-state index contributed by atoms with van der Waals surface area (Å²) in [6, 6.07) is 2.98. The minimum absolute atomic E-state index is 0.248. The van der Waals surface area contributed by atoms with Crippen molar-refractivity contribution < 1.29 is 14.6 Å². The number of ether oxygens (including phenoxy) is 2. The summed E-state index contributed by atoms with van der Waals surface area (Å²) in [7, 11) is -2.26. The quantitative estimate of drug-likeness (QED) is 0.578. The Morgan fingerprint density at radius 2 is 1.81 bits per heavy atom. The molecular formula is C16H28O3Si2. The highest BCUT2D eigenvalue weighted by Gasteiger charge is 2.37. The molecule has 0 atom stereocenters. The Kier molecular flexibility index (Phi) is 4.45. The highest BCUT2D eigenvalue weighted by Crippen LogP contribution is 2.59. The molecule has 1 aromatic carbocycles. The number of rotatable bonds is 7. The van der Waals surface area contributed by atoms with Gasteiger partial charge in [0.2, 0.25) is 11.5 Å². The molecule has 1 aromatic rings. The third kappa shape index (κ3) is 3.45. The fourth-order valence-corrected chi connectivity index (χ4v) is 6.15. The van der Waals surface area contributed by atoms with Crippen LogP contribution in [-0.2, 0) is 6.42 Å². The Morgan fingerprint density at radius 3 is 2.38 bits per heavy atom. The molecule has 0 saturated carbocycles. The van der Waals surface area contributed by atoms with Crippen LogP contribution in [0, 0.1) is 0 Å². The molecule has 0 fully saturated rings. The van der Waals surface area contributed by atoms with E-state index in [1.54, 1.807) is 6.07 Å². The number of benzene rings is 1. The van der Waals surface area contributed by atoms with Crippen molar-refractivity contribution in [3.8, 4) is 23.0 Å². The number of phenolic OH excluding ortho intramolecular Hbond substituents is 1. The van der Waals surface area contributed by atoms with E-state index in [4.69, 9.17) is 9.47 Å². The topological polar surface area (TPSA) is 42.0 Å². The Hall–Kier alpha value is -0.946. The van der Waals surface area contributed by atoms with Gasteiger partial charge in [0.25, 0.3) is 0 Å². The highest BCUT2D eigenvalue weighted by atomic mass is 29.3. The van der Waals surface area contributed by atoms with Crippen molar-refractivity contribution in [3.05, 3.63) is 11.6 Å². The molecule has 1 aliphatic rings. The van der Waals surface area contributed by atoms with E-state index in [0.29, 0.717) is 5.75 Å². The number of hydrogen-bond donors (Lipinski definition) is 1. The van der Waals surface area contributed by atoms with Gasteiger partial charge in [-0.25, -0.2) is 0 Å². The number of aryl methyl sites for hydroxylation is 1. The predicted octanol–water partition coefficient (Wildman–Crippen LogP) is 4.95. The van der Waals surface area contributed by atoms with E-state index in [0.717, 1.165) is 36.5 Å². The largest absolute Gasteiger partial charge is 0.504 e. The van der Waals surface area contributed by atoms with Gasteiger partial charge in [0.15, 0.2) is 11.5 Å². The van der Waals surface area contributed by atoms with Gasteiger partial charge in [0, 0.05) is 20.7 Å². The molecule has 5 heteroatoms.